The van der Waals surface area contributed by atoms with Crippen LogP contribution in [0.2, 0.25) is 0 Å². The Kier molecular flexibility index (Phi) is 3.52. The van der Waals surface area contributed by atoms with Crippen molar-refractivity contribution in [1.82, 2.24) is 4.90 Å². The summed E-state index contributed by atoms with van der Waals surface area (Å²) < 4.78 is 5.53. The molecule has 0 aromatic carbocycles. The molecule has 0 saturated heterocycles. The van der Waals surface area contributed by atoms with Gasteiger partial charge in [0.25, 0.3) is 0 Å². The molecule has 1 heterocycles. The smallest absolute Gasteiger partial charge is 0.227 e. The third-order valence-corrected chi connectivity index (χ3v) is 3.17. The number of hydrogen-bond donors (Lipinski definition) is 1. The van der Waals surface area contributed by atoms with Crippen LogP contribution in [0.1, 0.15) is 31.3 Å². The zero-order valence-electron chi connectivity index (χ0n) is 10.5. The summed E-state index contributed by atoms with van der Waals surface area (Å²) >= 11 is 0. The van der Waals surface area contributed by atoms with Crippen LogP contribution in [0.5, 0.6) is 0 Å². The third kappa shape index (κ3) is 2.88. The van der Waals surface area contributed by atoms with Gasteiger partial charge in [-0.05, 0) is 31.9 Å². The highest BCUT2D eigenvalue weighted by molar-refractivity contribution is 5.79. The summed E-state index contributed by atoms with van der Waals surface area (Å²) in [6.07, 6.45) is 2.20. The van der Waals surface area contributed by atoms with Gasteiger partial charge in [0.15, 0.2) is 0 Å². The van der Waals surface area contributed by atoms with Gasteiger partial charge < -0.3 is 15.1 Å². The largest absolute Gasteiger partial charge is 0.464 e. The van der Waals surface area contributed by atoms with E-state index in [-0.39, 0.29) is 11.8 Å². The fourth-order valence-electron chi connectivity index (χ4n) is 1.90. The molecule has 0 radical (unpaired) electrons. The van der Waals surface area contributed by atoms with Gasteiger partial charge in [0.2, 0.25) is 5.91 Å². The van der Waals surface area contributed by atoms with E-state index in [2.05, 4.69) is 0 Å². The van der Waals surface area contributed by atoms with Gasteiger partial charge in [-0.2, -0.15) is 0 Å². The number of furan rings is 1. The van der Waals surface area contributed by atoms with Crippen molar-refractivity contribution in [3.05, 3.63) is 23.7 Å². The molecule has 2 rings (SSSR count). The number of nitrogens with two attached hydrogens (primary N) is 1. The van der Waals surface area contributed by atoms with Crippen LogP contribution < -0.4 is 5.73 Å². The molecule has 4 heteroatoms. The number of amides is 1. The summed E-state index contributed by atoms with van der Waals surface area (Å²) in [5.74, 6) is 1.78. The summed E-state index contributed by atoms with van der Waals surface area (Å²) in [5, 5.41) is 0. The van der Waals surface area contributed by atoms with E-state index in [1.54, 1.807) is 0 Å². The predicted octanol–water partition coefficient (Wildman–Crippen LogP) is 1.67. The summed E-state index contributed by atoms with van der Waals surface area (Å²) in [7, 11) is 0. The maximum absolute atomic E-state index is 12.2. The summed E-state index contributed by atoms with van der Waals surface area (Å²) in [4.78, 5) is 14.1. The first-order chi connectivity index (χ1) is 8.11. The SMILES string of the molecule is Cc1ccc(CN(C(=O)C(C)CN)C2CC2)o1. The molecule has 1 aliphatic rings. The zero-order chi connectivity index (χ0) is 12.4. The monoisotopic (exact) mass is 236 g/mol. The van der Waals surface area contributed by atoms with Gasteiger partial charge in [-0.15, -0.1) is 0 Å². The van der Waals surface area contributed by atoms with Gasteiger partial charge in [-0.3, -0.25) is 4.79 Å². The highest BCUT2D eigenvalue weighted by Gasteiger charge is 2.34. The van der Waals surface area contributed by atoms with Gasteiger partial charge in [0, 0.05) is 18.5 Å². The minimum absolute atomic E-state index is 0.105. The van der Waals surface area contributed by atoms with Crippen molar-refractivity contribution in [1.29, 1.82) is 0 Å². The molecule has 0 aliphatic heterocycles. The van der Waals surface area contributed by atoms with Gasteiger partial charge in [-0.25, -0.2) is 0 Å². The lowest BCUT2D eigenvalue weighted by atomic mass is 10.1. The summed E-state index contributed by atoms with van der Waals surface area (Å²) in [6.45, 7) is 4.77. The molecule has 1 aliphatic carbocycles. The lowest BCUT2D eigenvalue weighted by Crippen LogP contribution is -2.38. The number of nitrogens with zero attached hydrogens (tertiary/aromatic N) is 1. The van der Waals surface area contributed by atoms with E-state index in [0.717, 1.165) is 24.4 Å². The second-order valence-electron chi connectivity index (χ2n) is 4.85. The van der Waals surface area contributed by atoms with Crippen LogP contribution in [0.15, 0.2) is 16.5 Å². The lowest BCUT2D eigenvalue weighted by Gasteiger charge is -2.24. The molecular weight excluding hydrogens is 216 g/mol. The molecule has 1 fully saturated rings. The van der Waals surface area contributed by atoms with Gasteiger partial charge in [0.1, 0.15) is 11.5 Å². The van der Waals surface area contributed by atoms with Crippen molar-refractivity contribution in [2.75, 3.05) is 6.54 Å². The van der Waals surface area contributed by atoms with Gasteiger partial charge in [0.05, 0.1) is 6.54 Å². The lowest BCUT2D eigenvalue weighted by molar-refractivity contribution is -0.136. The molecule has 17 heavy (non-hydrogen) atoms. The minimum Gasteiger partial charge on any atom is -0.464 e. The molecule has 1 amide bonds. The Hall–Kier alpha value is -1.29. The standard InChI is InChI=1S/C13H20N2O2/c1-9(7-14)13(16)15(11-4-5-11)8-12-6-3-10(2)17-12/h3,6,9,11H,4-5,7-8,14H2,1-2H3. The number of rotatable bonds is 5. The van der Waals surface area contributed by atoms with Crippen molar-refractivity contribution in [2.24, 2.45) is 11.7 Å². The number of carbonyl (C=O) groups excluding carboxylic acids is 1. The van der Waals surface area contributed by atoms with Crippen LogP contribution >= 0.6 is 0 Å². The van der Waals surface area contributed by atoms with Gasteiger partial charge in [-0.1, -0.05) is 6.92 Å². The quantitative estimate of drug-likeness (QED) is 0.846. The Morgan fingerprint density at radius 1 is 1.59 bits per heavy atom. The summed E-state index contributed by atoms with van der Waals surface area (Å²) in [5.41, 5.74) is 5.56. The Balaban J connectivity index is 2.05. The third-order valence-electron chi connectivity index (χ3n) is 3.17. The second kappa shape index (κ2) is 4.92. The average Bonchev–Trinajstić information content (AvgIpc) is 3.08. The van der Waals surface area contributed by atoms with E-state index < -0.39 is 0 Å². The first-order valence-electron chi connectivity index (χ1n) is 6.17. The fourth-order valence-corrected chi connectivity index (χ4v) is 1.90. The van der Waals surface area contributed by atoms with Crippen molar-refractivity contribution in [2.45, 2.75) is 39.3 Å². The molecule has 1 unspecified atom stereocenters. The predicted molar refractivity (Wildman–Crippen MR) is 65.2 cm³/mol. The molecule has 1 atom stereocenters. The molecule has 0 bridgehead atoms. The van der Waals surface area contributed by atoms with Crippen molar-refractivity contribution >= 4 is 5.91 Å². The second-order valence-corrected chi connectivity index (χ2v) is 4.85. The molecule has 4 nitrogen and oxygen atoms in total. The molecule has 1 saturated carbocycles. The van der Waals surface area contributed by atoms with Crippen LogP contribution in [-0.2, 0) is 11.3 Å². The average molecular weight is 236 g/mol. The number of aryl methyl sites for hydroxylation is 1. The number of hydrogen-bond acceptors (Lipinski definition) is 3. The molecule has 1 aromatic heterocycles. The maximum Gasteiger partial charge on any atom is 0.227 e. The van der Waals surface area contributed by atoms with E-state index in [4.69, 9.17) is 10.2 Å². The van der Waals surface area contributed by atoms with Crippen molar-refractivity contribution < 1.29 is 9.21 Å². The van der Waals surface area contributed by atoms with Gasteiger partial charge >= 0.3 is 0 Å². The molecule has 0 spiro atoms. The molecule has 1 aromatic rings. The topological polar surface area (TPSA) is 59.5 Å². The molecule has 94 valence electrons. The normalized spacial score (nSPS) is 16.9. The first-order valence-corrected chi connectivity index (χ1v) is 6.17. The number of carbonyl (C=O) groups is 1. The zero-order valence-corrected chi connectivity index (χ0v) is 10.5. The first kappa shape index (κ1) is 12.2. The summed E-state index contributed by atoms with van der Waals surface area (Å²) in [6, 6.07) is 4.25. The minimum atomic E-state index is -0.105. The van der Waals surface area contributed by atoms with E-state index in [0.29, 0.717) is 19.1 Å². The fraction of sp³-hybridized carbons (Fsp3) is 0.615. The Morgan fingerprint density at radius 2 is 2.29 bits per heavy atom. The molecular formula is C13H20N2O2. The highest BCUT2D eigenvalue weighted by Crippen LogP contribution is 2.29. The van der Waals surface area contributed by atoms with Crippen LogP contribution in [0, 0.1) is 12.8 Å². The van der Waals surface area contributed by atoms with E-state index in [1.807, 2.05) is 30.9 Å². The van der Waals surface area contributed by atoms with Crippen LogP contribution in [0.3, 0.4) is 0 Å². The van der Waals surface area contributed by atoms with Crippen LogP contribution in [0.4, 0.5) is 0 Å². The van der Waals surface area contributed by atoms with E-state index in [9.17, 15) is 4.79 Å². The highest BCUT2D eigenvalue weighted by atomic mass is 16.3. The Labute approximate surface area is 102 Å². The Bertz CT molecular complexity index is 396. The van der Waals surface area contributed by atoms with E-state index in [1.165, 1.54) is 0 Å². The van der Waals surface area contributed by atoms with Crippen molar-refractivity contribution in [3.8, 4) is 0 Å². The van der Waals surface area contributed by atoms with Crippen molar-refractivity contribution in [3.63, 3.8) is 0 Å². The Morgan fingerprint density at radius 3 is 2.76 bits per heavy atom. The van der Waals surface area contributed by atoms with Crippen LogP contribution in [0.25, 0.3) is 0 Å². The van der Waals surface area contributed by atoms with E-state index >= 15 is 0 Å². The maximum atomic E-state index is 12.2. The van der Waals surface area contributed by atoms with Crippen LogP contribution in [-0.4, -0.2) is 23.4 Å². The molecule has 2 N–H and O–H groups in total.